The Morgan fingerprint density at radius 1 is 0.396 bits per heavy atom. The molecule has 53 heavy (non-hydrogen) atoms. The molecule has 0 radical (unpaired) electrons. The summed E-state index contributed by atoms with van der Waals surface area (Å²) >= 11 is 0. The van der Waals surface area contributed by atoms with Crippen molar-refractivity contribution in [2.75, 3.05) is 42.3 Å². The molecule has 2 atom stereocenters. The van der Waals surface area contributed by atoms with E-state index in [4.69, 9.17) is 0 Å². The molecule has 0 bridgehead atoms. The maximum atomic E-state index is 2.59. The smallest absolute Gasteiger partial charge is 0.00893 e. The molecule has 3 heteroatoms. The SMILES string of the molecule is CCC(CCCCCCCCCC1CCC(N(C)C)CC1)(CCCCCCCC1CCC(N(C)C)CC1)CCCC(C)CCC1CCC(N(C)C)CC1. The van der Waals surface area contributed by atoms with Crippen molar-refractivity contribution >= 4 is 0 Å². The largest absolute Gasteiger partial charge is 0.306 e. The molecule has 0 aromatic heterocycles. The van der Waals surface area contributed by atoms with Crippen LogP contribution in [0.3, 0.4) is 0 Å². The monoisotopic (exact) mass is 742 g/mol. The molecule has 0 aromatic rings. The average Bonchev–Trinajstić information content (AvgIpc) is 3.16. The van der Waals surface area contributed by atoms with Gasteiger partial charge < -0.3 is 14.7 Å². The van der Waals surface area contributed by atoms with Gasteiger partial charge in [-0.3, -0.25) is 0 Å². The Labute approximate surface area is 335 Å². The first-order valence-corrected chi connectivity index (χ1v) is 24.6. The molecule has 0 aromatic carbocycles. The highest BCUT2D eigenvalue weighted by Gasteiger charge is 2.28. The summed E-state index contributed by atoms with van der Waals surface area (Å²) in [6.45, 7) is 5.15. The maximum absolute atomic E-state index is 2.59. The Morgan fingerprint density at radius 2 is 0.717 bits per heavy atom. The van der Waals surface area contributed by atoms with Crippen LogP contribution in [0.15, 0.2) is 0 Å². The van der Waals surface area contributed by atoms with Gasteiger partial charge >= 0.3 is 0 Å². The zero-order chi connectivity index (χ0) is 38.3. The van der Waals surface area contributed by atoms with Crippen molar-refractivity contribution in [3.8, 4) is 0 Å². The standard InChI is InChI=1S/C50H99N3/c1-9-50(41-21-17-13-15-19-25-45-30-36-48(37-31-45)52(5)6,42-22-23-43(2)26-27-46-32-38-49(39-33-46)53(7)8)40-20-16-12-10-11-14-18-24-44-28-34-47(35-29-44)51(3)4/h43-49H,9-42H2,1-8H3. The van der Waals surface area contributed by atoms with E-state index in [9.17, 15) is 0 Å². The van der Waals surface area contributed by atoms with Gasteiger partial charge in [0.2, 0.25) is 0 Å². The molecular formula is C50H99N3. The normalized spacial score (nSPS) is 27.5. The average molecular weight is 742 g/mol. The van der Waals surface area contributed by atoms with Gasteiger partial charge in [-0.05, 0) is 168 Å². The number of nitrogens with zero attached hydrogens (tertiary/aromatic N) is 3. The molecule has 0 heterocycles. The Balaban J connectivity index is 1.31. The van der Waals surface area contributed by atoms with E-state index in [1.165, 1.54) is 218 Å². The summed E-state index contributed by atoms with van der Waals surface area (Å²) < 4.78 is 0. The van der Waals surface area contributed by atoms with E-state index in [0.717, 1.165) is 41.8 Å². The van der Waals surface area contributed by atoms with Crippen molar-refractivity contribution in [2.24, 2.45) is 29.1 Å². The third kappa shape index (κ3) is 19.7. The second-order valence-electron chi connectivity index (χ2n) is 20.7. The van der Waals surface area contributed by atoms with Gasteiger partial charge in [0.1, 0.15) is 0 Å². The molecule has 0 amide bonds. The minimum Gasteiger partial charge on any atom is -0.306 e. The number of hydrogen-bond donors (Lipinski definition) is 0. The summed E-state index contributed by atoms with van der Waals surface area (Å²) in [5, 5.41) is 0. The summed E-state index contributed by atoms with van der Waals surface area (Å²) in [6.07, 6.45) is 50.2. The summed E-state index contributed by atoms with van der Waals surface area (Å²) in [6, 6.07) is 2.55. The van der Waals surface area contributed by atoms with E-state index in [1.807, 2.05) is 0 Å². The minimum atomic E-state index is 0.626. The first kappa shape index (κ1) is 47.3. The third-order valence-corrected chi connectivity index (χ3v) is 16.0. The van der Waals surface area contributed by atoms with E-state index < -0.39 is 0 Å². The van der Waals surface area contributed by atoms with Crippen LogP contribution >= 0.6 is 0 Å². The lowest BCUT2D eigenvalue weighted by Crippen LogP contribution is -2.32. The Kier molecular flexibility index (Phi) is 24.5. The second-order valence-corrected chi connectivity index (χ2v) is 20.7. The van der Waals surface area contributed by atoms with Crippen LogP contribution in [0, 0.1) is 29.1 Å². The lowest BCUT2D eigenvalue weighted by atomic mass is 9.71. The molecule has 314 valence electrons. The molecule has 3 aliphatic rings. The van der Waals surface area contributed by atoms with E-state index in [2.05, 4.69) is 70.8 Å². The third-order valence-electron chi connectivity index (χ3n) is 16.0. The molecule has 3 saturated carbocycles. The van der Waals surface area contributed by atoms with Gasteiger partial charge in [0.15, 0.2) is 0 Å². The van der Waals surface area contributed by atoms with Crippen molar-refractivity contribution < 1.29 is 0 Å². The van der Waals surface area contributed by atoms with E-state index in [0.29, 0.717) is 5.41 Å². The molecule has 3 aliphatic carbocycles. The molecule has 3 nitrogen and oxygen atoms in total. The summed E-state index contributed by atoms with van der Waals surface area (Å²) in [5.41, 5.74) is 0.626. The van der Waals surface area contributed by atoms with E-state index in [1.54, 1.807) is 0 Å². The number of unbranched alkanes of at least 4 members (excludes halogenated alkanes) is 10. The van der Waals surface area contributed by atoms with Crippen LogP contribution in [0.5, 0.6) is 0 Å². The van der Waals surface area contributed by atoms with Gasteiger partial charge in [0, 0.05) is 18.1 Å². The minimum absolute atomic E-state index is 0.626. The predicted molar refractivity (Wildman–Crippen MR) is 237 cm³/mol. The molecule has 0 saturated heterocycles. The first-order valence-electron chi connectivity index (χ1n) is 24.6. The Hall–Kier alpha value is -0.120. The molecule has 3 rings (SSSR count). The highest BCUT2D eigenvalue weighted by atomic mass is 15.1. The van der Waals surface area contributed by atoms with Crippen molar-refractivity contribution in [3.63, 3.8) is 0 Å². The molecular weight excluding hydrogens is 643 g/mol. The molecule has 0 spiro atoms. The fourth-order valence-electron chi connectivity index (χ4n) is 11.5. The Bertz CT molecular complexity index is 845. The first-order chi connectivity index (χ1) is 25.6. The van der Waals surface area contributed by atoms with E-state index in [-0.39, 0.29) is 0 Å². The quantitative estimate of drug-likeness (QED) is 0.0707. The Morgan fingerprint density at radius 3 is 1.08 bits per heavy atom. The van der Waals surface area contributed by atoms with Crippen LogP contribution < -0.4 is 0 Å². The van der Waals surface area contributed by atoms with Crippen LogP contribution in [-0.2, 0) is 0 Å². The van der Waals surface area contributed by atoms with Crippen LogP contribution in [0.4, 0.5) is 0 Å². The van der Waals surface area contributed by atoms with Crippen molar-refractivity contribution in [2.45, 2.75) is 250 Å². The van der Waals surface area contributed by atoms with Gasteiger partial charge in [0.25, 0.3) is 0 Å². The topological polar surface area (TPSA) is 9.72 Å². The van der Waals surface area contributed by atoms with Crippen molar-refractivity contribution in [1.29, 1.82) is 0 Å². The van der Waals surface area contributed by atoms with E-state index >= 15 is 0 Å². The molecule has 0 aliphatic heterocycles. The number of hydrogen-bond acceptors (Lipinski definition) is 3. The maximum Gasteiger partial charge on any atom is 0.00893 e. The summed E-state index contributed by atoms with van der Waals surface area (Å²) in [4.78, 5) is 7.39. The lowest BCUT2D eigenvalue weighted by Gasteiger charge is -2.34. The molecule has 3 fully saturated rings. The predicted octanol–water partition coefficient (Wildman–Crippen LogP) is 14.6. The van der Waals surface area contributed by atoms with Gasteiger partial charge in [-0.1, -0.05) is 136 Å². The van der Waals surface area contributed by atoms with Gasteiger partial charge in [-0.25, -0.2) is 0 Å². The van der Waals surface area contributed by atoms with Crippen LogP contribution in [0.25, 0.3) is 0 Å². The second kappa shape index (κ2) is 27.5. The molecule has 0 N–H and O–H groups in total. The fourth-order valence-corrected chi connectivity index (χ4v) is 11.5. The van der Waals surface area contributed by atoms with Crippen LogP contribution in [0.1, 0.15) is 232 Å². The lowest BCUT2D eigenvalue weighted by molar-refractivity contribution is 0.175. The summed E-state index contributed by atoms with van der Waals surface area (Å²) in [5.74, 6) is 3.98. The van der Waals surface area contributed by atoms with Crippen molar-refractivity contribution in [3.05, 3.63) is 0 Å². The van der Waals surface area contributed by atoms with Crippen molar-refractivity contribution in [1.82, 2.24) is 14.7 Å². The fraction of sp³-hybridized carbons (Fsp3) is 1.00. The van der Waals surface area contributed by atoms with Crippen LogP contribution in [-0.4, -0.2) is 75.1 Å². The zero-order valence-electron chi connectivity index (χ0n) is 37.9. The summed E-state index contributed by atoms with van der Waals surface area (Å²) in [7, 11) is 13.7. The van der Waals surface area contributed by atoms with Gasteiger partial charge in [-0.15, -0.1) is 0 Å². The zero-order valence-corrected chi connectivity index (χ0v) is 37.9. The van der Waals surface area contributed by atoms with Gasteiger partial charge in [-0.2, -0.15) is 0 Å². The highest BCUT2D eigenvalue weighted by molar-refractivity contribution is 4.81. The molecule has 2 unspecified atom stereocenters. The van der Waals surface area contributed by atoms with Crippen LogP contribution in [0.2, 0.25) is 0 Å². The van der Waals surface area contributed by atoms with Gasteiger partial charge in [0.05, 0.1) is 0 Å². The highest BCUT2D eigenvalue weighted by Crippen LogP contribution is 2.41. The number of rotatable bonds is 29.